The number of benzene rings is 3. The van der Waals surface area contributed by atoms with Gasteiger partial charge < -0.3 is 4.90 Å². The van der Waals surface area contributed by atoms with Gasteiger partial charge in [0.2, 0.25) is 0 Å². The molecule has 1 heterocycles. The number of halogens is 1. The number of fused-ring (bicyclic) bond motifs is 3. The van der Waals surface area contributed by atoms with E-state index in [2.05, 4.69) is 18.2 Å². The molecule has 6 rings (SSSR count). The van der Waals surface area contributed by atoms with Crippen LogP contribution in [0, 0.1) is 22.6 Å². The zero-order chi connectivity index (χ0) is 28.9. The van der Waals surface area contributed by atoms with Gasteiger partial charge in [-0.15, -0.1) is 0 Å². The maximum absolute atomic E-state index is 14.6. The Bertz CT molecular complexity index is 1680. The maximum Gasteiger partial charge on any atom is 0.194 e. The smallest absolute Gasteiger partial charge is 0.194 e. The number of carbonyl (C=O) groups is 1. The molecule has 2 fully saturated rings. The first-order valence-electron chi connectivity index (χ1n) is 14.0. The molecular formula is C32H32FN3O3S2. The van der Waals surface area contributed by atoms with E-state index in [1.165, 1.54) is 6.07 Å². The van der Waals surface area contributed by atoms with Crippen LogP contribution in [0.4, 0.5) is 10.1 Å². The summed E-state index contributed by atoms with van der Waals surface area (Å²) in [7, 11) is -3.51. The van der Waals surface area contributed by atoms with E-state index in [-0.39, 0.29) is 21.7 Å². The fourth-order valence-corrected chi connectivity index (χ4v) is 8.89. The predicted octanol–water partition coefficient (Wildman–Crippen LogP) is 6.48. The molecule has 2 aliphatic carbocycles. The van der Waals surface area contributed by atoms with Gasteiger partial charge in [-0.3, -0.25) is 4.79 Å². The van der Waals surface area contributed by atoms with Gasteiger partial charge in [0.05, 0.1) is 21.4 Å². The van der Waals surface area contributed by atoms with Crippen LogP contribution in [-0.4, -0.2) is 49.9 Å². The molecule has 0 radical (unpaired) electrons. The van der Waals surface area contributed by atoms with Gasteiger partial charge in [-0.1, -0.05) is 32.0 Å². The predicted molar refractivity (Wildman–Crippen MR) is 159 cm³/mol. The molecule has 212 valence electrons. The Morgan fingerprint density at radius 1 is 0.927 bits per heavy atom. The van der Waals surface area contributed by atoms with Gasteiger partial charge in [0.1, 0.15) is 6.07 Å². The van der Waals surface area contributed by atoms with E-state index in [0.29, 0.717) is 55.8 Å². The summed E-state index contributed by atoms with van der Waals surface area (Å²) >= 11 is 1.56. The first-order valence-corrected chi connectivity index (χ1v) is 16.3. The molecule has 3 aromatic carbocycles. The number of sulfone groups is 1. The van der Waals surface area contributed by atoms with Gasteiger partial charge in [0.15, 0.2) is 21.4 Å². The topological polar surface area (TPSA) is 81.5 Å². The molecule has 0 atom stereocenters. The number of rotatable bonds is 5. The number of hydrogen-bond donors (Lipinski definition) is 0. The number of nitrogens with zero attached hydrogens (tertiary/aromatic N) is 3. The van der Waals surface area contributed by atoms with Crippen molar-refractivity contribution in [2.75, 3.05) is 31.1 Å². The van der Waals surface area contributed by atoms with Crippen molar-refractivity contribution in [1.29, 1.82) is 5.26 Å². The molecule has 0 amide bonds. The third-order valence-electron chi connectivity index (χ3n) is 8.73. The van der Waals surface area contributed by atoms with Gasteiger partial charge in [0.25, 0.3) is 0 Å². The van der Waals surface area contributed by atoms with E-state index < -0.39 is 20.9 Å². The van der Waals surface area contributed by atoms with Crippen LogP contribution in [0.1, 0.15) is 61.0 Å². The third-order valence-corrected chi connectivity index (χ3v) is 12.1. The Hall–Kier alpha value is -3.19. The lowest BCUT2D eigenvalue weighted by Gasteiger charge is -2.35. The van der Waals surface area contributed by atoms with Crippen LogP contribution >= 0.6 is 11.9 Å². The van der Waals surface area contributed by atoms with Crippen LogP contribution in [0.5, 0.6) is 0 Å². The van der Waals surface area contributed by atoms with E-state index in [4.69, 9.17) is 5.26 Å². The average molecular weight is 590 g/mol. The number of carbonyl (C=O) groups excluding carboxylic acids is 1. The summed E-state index contributed by atoms with van der Waals surface area (Å²) in [6, 6.07) is 17.6. The SMILES string of the molecule is CC1(C)CCC(S(=O)(=O)c2ccc3c(c2)C(=O)c2cc(SN4CCN(c5cccc(C#N)c5F)CC4)ccc2-3)CC1. The molecule has 1 aliphatic heterocycles. The van der Waals surface area contributed by atoms with Gasteiger partial charge >= 0.3 is 0 Å². The van der Waals surface area contributed by atoms with E-state index >= 15 is 0 Å². The maximum atomic E-state index is 14.6. The summed E-state index contributed by atoms with van der Waals surface area (Å²) in [4.78, 5) is 16.6. The zero-order valence-corrected chi connectivity index (χ0v) is 24.8. The van der Waals surface area contributed by atoms with Crippen molar-refractivity contribution >= 4 is 33.3 Å². The number of piperazine rings is 1. The zero-order valence-electron chi connectivity index (χ0n) is 23.2. The van der Waals surface area contributed by atoms with Crippen LogP contribution < -0.4 is 4.90 Å². The van der Waals surface area contributed by atoms with Crippen molar-refractivity contribution < 1.29 is 17.6 Å². The standard InChI is InChI=1S/C32H32FN3O3S2/c1-32(2)12-10-23(11-13-32)41(38,39)24-7-9-26-25-8-6-22(18-27(25)31(37)28(26)19-24)40-36-16-14-35(15-17-36)29-5-3-4-21(20-34)30(29)33/h3-9,18-19,23H,10-17H2,1-2H3. The van der Waals surface area contributed by atoms with E-state index in [0.717, 1.165) is 28.9 Å². The lowest BCUT2D eigenvalue weighted by atomic mass is 9.77. The Morgan fingerprint density at radius 3 is 2.27 bits per heavy atom. The summed E-state index contributed by atoms with van der Waals surface area (Å²) in [5.41, 5.74) is 3.32. The highest BCUT2D eigenvalue weighted by molar-refractivity contribution is 7.97. The number of hydrogen-bond acceptors (Lipinski definition) is 7. The molecule has 0 aromatic heterocycles. The molecule has 3 aromatic rings. The first-order chi connectivity index (χ1) is 19.6. The van der Waals surface area contributed by atoms with Crippen molar-refractivity contribution in [3.63, 3.8) is 0 Å². The molecule has 0 bridgehead atoms. The molecule has 9 heteroatoms. The Kier molecular flexibility index (Phi) is 7.21. The monoisotopic (exact) mass is 589 g/mol. The van der Waals surface area contributed by atoms with Gasteiger partial charge in [-0.2, -0.15) is 5.26 Å². The van der Waals surface area contributed by atoms with Crippen molar-refractivity contribution in [3.05, 3.63) is 77.1 Å². The molecule has 0 unspecified atom stereocenters. The minimum Gasteiger partial charge on any atom is -0.366 e. The van der Waals surface area contributed by atoms with E-state index in [1.807, 2.05) is 29.2 Å². The summed E-state index contributed by atoms with van der Waals surface area (Å²) in [6.07, 6.45) is 3.06. The van der Waals surface area contributed by atoms with Crippen LogP contribution in [0.3, 0.4) is 0 Å². The van der Waals surface area contributed by atoms with Crippen molar-refractivity contribution in [2.24, 2.45) is 5.41 Å². The van der Waals surface area contributed by atoms with Crippen molar-refractivity contribution in [3.8, 4) is 17.2 Å². The highest BCUT2D eigenvalue weighted by Gasteiger charge is 2.36. The summed E-state index contributed by atoms with van der Waals surface area (Å²) in [5, 5.41) is 8.74. The minimum atomic E-state index is -3.51. The minimum absolute atomic E-state index is 0.0471. The van der Waals surface area contributed by atoms with E-state index in [1.54, 1.807) is 42.3 Å². The van der Waals surface area contributed by atoms with E-state index in [9.17, 15) is 17.6 Å². The van der Waals surface area contributed by atoms with Crippen molar-refractivity contribution in [1.82, 2.24) is 4.31 Å². The normalized spacial score (nSPS) is 19.1. The third kappa shape index (κ3) is 5.18. The highest BCUT2D eigenvalue weighted by Crippen LogP contribution is 2.43. The number of nitriles is 1. The fraction of sp³-hybridized carbons (Fsp3) is 0.375. The first kappa shape index (κ1) is 28.0. The second kappa shape index (κ2) is 10.6. The lowest BCUT2D eigenvalue weighted by Crippen LogP contribution is -2.43. The second-order valence-corrected chi connectivity index (χ2v) is 15.3. The largest absolute Gasteiger partial charge is 0.366 e. The molecular weight excluding hydrogens is 558 g/mol. The van der Waals surface area contributed by atoms with Crippen LogP contribution in [0.25, 0.3) is 11.1 Å². The molecule has 41 heavy (non-hydrogen) atoms. The molecule has 0 spiro atoms. The Balaban J connectivity index is 1.15. The van der Waals surface area contributed by atoms with Crippen LogP contribution in [-0.2, 0) is 9.84 Å². The van der Waals surface area contributed by atoms with Crippen LogP contribution in [0.15, 0.2) is 64.4 Å². The summed E-state index contributed by atoms with van der Waals surface area (Å²) in [5.74, 6) is -0.622. The van der Waals surface area contributed by atoms with Gasteiger partial charge in [0, 0.05) is 42.2 Å². The van der Waals surface area contributed by atoms with Crippen molar-refractivity contribution in [2.45, 2.75) is 54.6 Å². The number of anilines is 1. The molecule has 3 aliphatic rings. The summed E-state index contributed by atoms with van der Waals surface area (Å²) in [6.45, 7) is 6.97. The number of ketones is 1. The Labute approximate surface area is 245 Å². The van der Waals surface area contributed by atoms with Crippen LogP contribution in [0.2, 0.25) is 0 Å². The molecule has 1 saturated carbocycles. The molecule has 6 nitrogen and oxygen atoms in total. The second-order valence-electron chi connectivity index (χ2n) is 11.9. The molecule has 0 N–H and O–H groups in total. The summed E-state index contributed by atoms with van der Waals surface area (Å²) < 4.78 is 43.7. The highest BCUT2D eigenvalue weighted by atomic mass is 32.2. The molecule has 1 saturated heterocycles. The lowest BCUT2D eigenvalue weighted by molar-refractivity contribution is 0.104. The fourth-order valence-electron chi connectivity index (χ4n) is 6.17. The average Bonchev–Trinajstić information content (AvgIpc) is 3.24. The van der Waals surface area contributed by atoms with Gasteiger partial charge in [-0.25, -0.2) is 17.1 Å². The quantitative estimate of drug-likeness (QED) is 0.247. The Morgan fingerprint density at radius 2 is 1.59 bits per heavy atom. The van der Waals surface area contributed by atoms with Gasteiger partial charge in [-0.05, 0) is 90.6 Å².